The summed E-state index contributed by atoms with van der Waals surface area (Å²) < 4.78 is 0. The van der Waals surface area contributed by atoms with Crippen molar-refractivity contribution in [2.45, 2.75) is 32.2 Å². The Balaban J connectivity index is 1.79. The van der Waals surface area contributed by atoms with Crippen molar-refractivity contribution in [2.75, 3.05) is 18.8 Å². The summed E-state index contributed by atoms with van der Waals surface area (Å²) in [5, 5.41) is 0. The number of nitrogen functional groups attached to an aromatic ring is 1. The number of piperidine rings is 1. The van der Waals surface area contributed by atoms with Crippen molar-refractivity contribution in [1.29, 1.82) is 0 Å². The van der Waals surface area contributed by atoms with Crippen LogP contribution in [0.5, 0.6) is 0 Å². The average Bonchev–Trinajstić information content (AvgIpc) is 2.92. The molecule has 2 saturated heterocycles. The third-order valence-corrected chi connectivity index (χ3v) is 5.44. The molecule has 2 aromatic rings. The molecule has 2 aliphatic rings. The average molecular weight is 293 g/mol. The largest absolute Gasteiger partial charge is 0.383 e. The minimum absolute atomic E-state index is 0.454. The van der Waals surface area contributed by atoms with Crippen LogP contribution >= 0.6 is 0 Å². The number of fused-ring (bicyclic) bond motifs is 2. The summed E-state index contributed by atoms with van der Waals surface area (Å²) in [7, 11) is 0. The summed E-state index contributed by atoms with van der Waals surface area (Å²) in [5.74, 6) is 1.62. The van der Waals surface area contributed by atoms with E-state index in [1.54, 1.807) is 0 Å². The highest BCUT2D eigenvalue weighted by Gasteiger charge is 2.36. The molecular weight excluding hydrogens is 270 g/mol. The highest BCUT2D eigenvalue weighted by atomic mass is 15.2. The van der Waals surface area contributed by atoms with Gasteiger partial charge in [0.05, 0.1) is 0 Å². The van der Waals surface area contributed by atoms with E-state index in [4.69, 9.17) is 5.73 Å². The van der Waals surface area contributed by atoms with E-state index in [9.17, 15) is 0 Å². The first kappa shape index (κ1) is 13.8. The smallest absolute Gasteiger partial charge is 0.128 e. The van der Waals surface area contributed by atoms with E-state index in [2.05, 4.69) is 47.1 Å². The molecule has 0 aliphatic carbocycles. The van der Waals surface area contributed by atoms with Crippen molar-refractivity contribution in [3.8, 4) is 11.1 Å². The molecule has 2 N–H and O–H groups in total. The lowest BCUT2D eigenvalue weighted by molar-refractivity contribution is 0.182. The van der Waals surface area contributed by atoms with Crippen molar-refractivity contribution < 1.29 is 0 Å². The number of nitrogens with two attached hydrogens (primary N) is 1. The second-order valence-electron chi connectivity index (χ2n) is 6.70. The van der Waals surface area contributed by atoms with Crippen LogP contribution in [0.3, 0.4) is 0 Å². The van der Waals surface area contributed by atoms with E-state index in [1.165, 1.54) is 54.6 Å². The molecule has 22 heavy (non-hydrogen) atoms. The van der Waals surface area contributed by atoms with Crippen molar-refractivity contribution in [3.05, 3.63) is 47.7 Å². The zero-order valence-corrected chi connectivity index (χ0v) is 13.1. The molecule has 2 fully saturated rings. The number of rotatable bonds is 2. The molecule has 3 unspecified atom stereocenters. The van der Waals surface area contributed by atoms with Crippen LogP contribution in [0.15, 0.2) is 36.5 Å². The Morgan fingerprint density at radius 3 is 2.77 bits per heavy atom. The van der Waals surface area contributed by atoms with Crippen molar-refractivity contribution >= 4 is 5.82 Å². The zero-order chi connectivity index (χ0) is 15.1. The van der Waals surface area contributed by atoms with E-state index < -0.39 is 0 Å². The molecule has 3 heterocycles. The number of nitrogens with zero attached hydrogens (tertiary/aromatic N) is 2. The molecule has 0 radical (unpaired) electrons. The Morgan fingerprint density at radius 2 is 1.95 bits per heavy atom. The van der Waals surface area contributed by atoms with Crippen LogP contribution in [0.2, 0.25) is 0 Å². The standard InChI is InChI=1S/C19H23N3/c1-13-16(15-5-3-2-4-6-15)11-21-19(20)18(13)17-8-7-14-9-10-22(17)12-14/h2-6,11,14,17H,7-10,12H2,1H3,(H2,20,21). The summed E-state index contributed by atoms with van der Waals surface area (Å²) in [6.45, 7) is 4.65. The lowest BCUT2D eigenvalue weighted by Gasteiger charge is -2.34. The third-order valence-electron chi connectivity index (χ3n) is 5.44. The van der Waals surface area contributed by atoms with Gasteiger partial charge in [-0.1, -0.05) is 30.3 Å². The van der Waals surface area contributed by atoms with E-state index in [1.807, 2.05) is 6.20 Å². The molecule has 1 aromatic carbocycles. The molecule has 3 nitrogen and oxygen atoms in total. The molecule has 3 heteroatoms. The molecule has 3 atom stereocenters. The maximum atomic E-state index is 6.29. The normalized spacial score (nSPS) is 27.0. The Kier molecular flexibility index (Phi) is 3.38. The maximum absolute atomic E-state index is 6.29. The highest BCUT2D eigenvalue weighted by Crippen LogP contribution is 2.43. The first-order chi connectivity index (χ1) is 10.7. The van der Waals surface area contributed by atoms with Crippen LogP contribution in [-0.2, 0) is 0 Å². The van der Waals surface area contributed by atoms with Gasteiger partial charge in [0.2, 0.25) is 0 Å². The SMILES string of the molecule is Cc1c(-c2ccccc2)cnc(N)c1C1CCC2CCN1C2. The van der Waals surface area contributed by atoms with Crippen molar-refractivity contribution in [2.24, 2.45) is 5.92 Å². The van der Waals surface area contributed by atoms with Gasteiger partial charge in [0.1, 0.15) is 5.82 Å². The Hall–Kier alpha value is -1.87. The van der Waals surface area contributed by atoms with Gasteiger partial charge in [0.25, 0.3) is 0 Å². The minimum atomic E-state index is 0.454. The third kappa shape index (κ3) is 2.20. The molecule has 114 valence electrons. The molecule has 2 aliphatic heterocycles. The number of benzene rings is 1. The zero-order valence-electron chi connectivity index (χ0n) is 13.1. The first-order valence-corrected chi connectivity index (χ1v) is 8.28. The number of pyridine rings is 1. The predicted octanol–water partition coefficient (Wildman–Crippen LogP) is 3.80. The quantitative estimate of drug-likeness (QED) is 0.916. The fourth-order valence-corrected chi connectivity index (χ4v) is 4.25. The van der Waals surface area contributed by atoms with Gasteiger partial charge in [-0.15, -0.1) is 0 Å². The van der Waals surface area contributed by atoms with Gasteiger partial charge in [-0.25, -0.2) is 4.98 Å². The Morgan fingerprint density at radius 1 is 1.14 bits per heavy atom. The lowest BCUT2D eigenvalue weighted by Crippen LogP contribution is -2.31. The fourth-order valence-electron chi connectivity index (χ4n) is 4.25. The summed E-state index contributed by atoms with van der Waals surface area (Å²) >= 11 is 0. The number of hydrogen-bond acceptors (Lipinski definition) is 3. The van der Waals surface area contributed by atoms with Crippen LogP contribution in [0.1, 0.15) is 36.4 Å². The first-order valence-electron chi connectivity index (χ1n) is 8.28. The summed E-state index contributed by atoms with van der Waals surface area (Å²) in [6, 6.07) is 11.0. The fraction of sp³-hybridized carbons (Fsp3) is 0.421. The van der Waals surface area contributed by atoms with Gasteiger partial charge in [-0.05, 0) is 49.8 Å². The summed E-state index contributed by atoms with van der Waals surface area (Å²) in [5.41, 5.74) is 11.3. The Labute approximate surface area is 132 Å². The summed E-state index contributed by atoms with van der Waals surface area (Å²) in [6.07, 6.45) is 5.83. The highest BCUT2D eigenvalue weighted by molar-refractivity contribution is 5.70. The minimum Gasteiger partial charge on any atom is -0.383 e. The van der Waals surface area contributed by atoms with Crippen LogP contribution in [-0.4, -0.2) is 23.0 Å². The van der Waals surface area contributed by atoms with Gasteiger partial charge in [-0.2, -0.15) is 0 Å². The second-order valence-corrected chi connectivity index (χ2v) is 6.70. The van der Waals surface area contributed by atoms with Gasteiger partial charge in [0, 0.05) is 29.9 Å². The molecule has 2 bridgehead atoms. The van der Waals surface area contributed by atoms with Gasteiger partial charge < -0.3 is 5.73 Å². The van der Waals surface area contributed by atoms with Gasteiger partial charge >= 0.3 is 0 Å². The lowest BCUT2D eigenvalue weighted by atomic mass is 9.88. The van der Waals surface area contributed by atoms with E-state index in [0.717, 1.165) is 5.92 Å². The number of aromatic nitrogens is 1. The number of anilines is 1. The van der Waals surface area contributed by atoms with E-state index in [-0.39, 0.29) is 0 Å². The molecule has 0 amide bonds. The molecular formula is C19H23N3. The van der Waals surface area contributed by atoms with E-state index >= 15 is 0 Å². The van der Waals surface area contributed by atoms with Crippen LogP contribution < -0.4 is 5.73 Å². The topological polar surface area (TPSA) is 42.1 Å². The van der Waals surface area contributed by atoms with Gasteiger partial charge in [-0.3, -0.25) is 4.90 Å². The van der Waals surface area contributed by atoms with Crippen LogP contribution in [0, 0.1) is 12.8 Å². The van der Waals surface area contributed by atoms with E-state index in [0.29, 0.717) is 11.9 Å². The van der Waals surface area contributed by atoms with Crippen molar-refractivity contribution in [1.82, 2.24) is 9.88 Å². The van der Waals surface area contributed by atoms with Crippen LogP contribution in [0.4, 0.5) is 5.82 Å². The van der Waals surface area contributed by atoms with Crippen molar-refractivity contribution in [3.63, 3.8) is 0 Å². The summed E-state index contributed by atoms with van der Waals surface area (Å²) in [4.78, 5) is 7.14. The predicted molar refractivity (Wildman–Crippen MR) is 90.5 cm³/mol. The monoisotopic (exact) mass is 293 g/mol. The molecule has 0 saturated carbocycles. The molecule has 1 aromatic heterocycles. The molecule has 4 rings (SSSR count). The number of hydrogen-bond donors (Lipinski definition) is 1. The maximum Gasteiger partial charge on any atom is 0.128 e. The second kappa shape index (κ2) is 5.40. The van der Waals surface area contributed by atoms with Crippen LogP contribution in [0.25, 0.3) is 11.1 Å². The van der Waals surface area contributed by atoms with Gasteiger partial charge in [0.15, 0.2) is 0 Å². The Bertz CT molecular complexity index is 681. The molecule has 0 spiro atoms.